The summed E-state index contributed by atoms with van der Waals surface area (Å²) in [4.78, 5) is 118. The van der Waals surface area contributed by atoms with E-state index in [1.165, 1.54) is 0 Å². The Morgan fingerprint density at radius 2 is 0.853 bits per heavy atom. The second-order valence-electron chi connectivity index (χ2n) is 16.0. The molecule has 14 N–H and O–H groups in total. The molecular formula is C42H69N9O17. The monoisotopic (exact) mass is 971 g/mol. The van der Waals surface area contributed by atoms with Gasteiger partial charge in [0.05, 0.1) is 38.4 Å². The summed E-state index contributed by atoms with van der Waals surface area (Å²) in [6.07, 6.45) is 2.60. The number of aliphatic hydroxyl groups excluding tert-OH is 5. The molecule has 26 nitrogen and oxygen atoms in total. The molecule has 0 spiro atoms. The highest BCUT2D eigenvalue weighted by Crippen LogP contribution is 2.10. The number of nitrogens with zero attached hydrogens (tertiary/aromatic N) is 3. The summed E-state index contributed by atoms with van der Waals surface area (Å²) < 4.78 is 0. The molecule has 384 valence electrons. The third kappa shape index (κ3) is 23.3. The molecule has 1 fully saturated rings. The van der Waals surface area contributed by atoms with Crippen LogP contribution in [0.4, 0.5) is 0 Å². The molecule has 26 heteroatoms. The van der Waals surface area contributed by atoms with Crippen LogP contribution in [0.5, 0.6) is 0 Å². The van der Waals surface area contributed by atoms with E-state index in [9.17, 15) is 69.0 Å². The van der Waals surface area contributed by atoms with Crippen LogP contribution in [-0.4, -0.2) is 205 Å². The normalized spacial score (nSPS) is 21.0. The fraction of sp³-hybridized carbons (Fsp3) is 0.643. The van der Waals surface area contributed by atoms with E-state index in [1.807, 2.05) is 0 Å². The molecule has 0 radical (unpaired) electrons. The van der Waals surface area contributed by atoms with Crippen LogP contribution in [0.3, 0.4) is 0 Å². The third-order valence-corrected chi connectivity index (χ3v) is 10.2. The predicted molar refractivity (Wildman–Crippen MR) is 236 cm³/mol. The topological polar surface area (TPSA) is 397 Å². The Balaban J connectivity index is 3.64. The molecular weight excluding hydrogens is 903 g/mol. The van der Waals surface area contributed by atoms with Gasteiger partial charge in [0.2, 0.25) is 29.5 Å². The summed E-state index contributed by atoms with van der Waals surface area (Å²) in [7, 11) is 0. The van der Waals surface area contributed by atoms with Gasteiger partial charge in [-0.25, -0.2) is 15.2 Å². The molecule has 0 aliphatic carbocycles. The zero-order valence-electron chi connectivity index (χ0n) is 38.6. The second-order valence-corrected chi connectivity index (χ2v) is 16.0. The minimum absolute atomic E-state index is 0.110. The molecule has 1 aliphatic heterocycles. The van der Waals surface area contributed by atoms with Crippen molar-refractivity contribution in [3.05, 3.63) is 34.9 Å². The van der Waals surface area contributed by atoms with Gasteiger partial charge >= 0.3 is 0 Å². The molecule has 1 heterocycles. The number of aliphatic hydroxyl groups is 5. The van der Waals surface area contributed by atoms with E-state index in [0.717, 1.165) is 18.2 Å². The van der Waals surface area contributed by atoms with Gasteiger partial charge in [-0.05, 0) is 78.6 Å². The van der Waals surface area contributed by atoms with Gasteiger partial charge in [-0.1, -0.05) is 16.7 Å². The zero-order valence-corrected chi connectivity index (χ0v) is 38.6. The smallest absolute Gasteiger partial charge is 0.269 e. The first-order chi connectivity index (χ1) is 32.2. The van der Waals surface area contributed by atoms with Crippen LogP contribution in [0.25, 0.3) is 0 Å². The van der Waals surface area contributed by atoms with E-state index in [4.69, 9.17) is 15.3 Å². The number of ketones is 1. The summed E-state index contributed by atoms with van der Waals surface area (Å²) in [6, 6.07) is -7.85. The maximum absolute atomic E-state index is 14.0. The lowest BCUT2D eigenvalue weighted by Crippen LogP contribution is -2.58. The Morgan fingerprint density at radius 1 is 0.500 bits per heavy atom. The number of rotatable bonds is 23. The number of hydroxylamine groups is 6. The van der Waals surface area contributed by atoms with Gasteiger partial charge in [-0.2, -0.15) is 0 Å². The minimum Gasteiger partial charge on any atom is -0.396 e. The van der Waals surface area contributed by atoms with Gasteiger partial charge in [-0.3, -0.25) is 64.1 Å². The summed E-state index contributed by atoms with van der Waals surface area (Å²) in [5, 5.41) is 93.8. The van der Waals surface area contributed by atoms with E-state index < -0.39 is 110 Å². The molecule has 0 aromatic heterocycles. The van der Waals surface area contributed by atoms with Crippen molar-refractivity contribution in [1.82, 2.24) is 47.1 Å². The number of nitrogens with one attached hydrogen (secondary N) is 6. The maximum atomic E-state index is 14.0. The lowest BCUT2D eigenvalue weighted by atomic mass is 10.0. The highest BCUT2D eigenvalue weighted by atomic mass is 16.5. The number of amides is 8. The number of carbonyl (C=O) groups is 9. The minimum atomic E-state index is -1.74. The van der Waals surface area contributed by atoms with Crippen LogP contribution in [0.15, 0.2) is 34.9 Å². The summed E-state index contributed by atoms with van der Waals surface area (Å²) in [5.41, 5.74) is 1.38. The van der Waals surface area contributed by atoms with Crippen molar-refractivity contribution >= 4 is 53.0 Å². The molecule has 0 aromatic rings. The van der Waals surface area contributed by atoms with E-state index in [0.29, 0.717) is 31.9 Å². The van der Waals surface area contributed by atoms with Crippen molar-refractivity contribution in [2.75, 3.05) is 65.8 Å². The molecule has 0 bridgehead atoms. The molecule has 0 saturated carbocycles. The molecule has 1 rings (SSSR count). The summed E-state index contributed by atoms with van der Waals surface area (Å²) in [6.45, 7) is -0.711. The summed E-state index contributed by atoms with van der Waals surface area (Å²) in [5.74, 6) is -8.50. The Hall–Kier alpha value is -5.71. The van der Waals surface area contributed by atoms with Crippen LogP contribution in [-0.2, 0) is 43.2 Å². The molecule has 1 aliphatic rings. The molecule has 5 atom stereocenters. The van der Waals surface area contributed by atoms with Crippen LogP contribution in [0, 0.1) is 0 Å². The standard InChI is InChI=1S/C42H69N9O17/c1-26(10-16-52)19-36(59)49(66)13-4-7-29-34(57)22-43-30(8-5-14-50(67)37(60)20-27(2)11-17-53)40(63)48-33(25-56)42(65)47-32(24-55)39(62)44-23-35(58)45-31(41(64)46-29)9-6-15-51(68)38(61)21-28(3)12-18-54/h19-21,29-33,43,52-56,66-68H,4-18,22-25H2,1-3H3,(H,44,62)(H,45,58)(H,46,64)(H,47,65)(H,48,63)/b26-19+,27-20+,28-21+. The van der Waals surface area contributed by atoms with E-state index in [-0.39, 0.29) is 97.2 Å². The SMILES string of the molecule is C/C(=C\C(=O)N(O)CCCC1NC(=O)C(CCCN(O)C(=O)/C=C(\C)CCO)NC(=O)CNC(=O)C(CO)NC(=O)C(CO)NC(=O)C(CCCN(O)C(=O)/C=C(\C)CCO)NCC1=O)CCO. The molecule has 0 aromatic carbocycles. The Kier molecular flexibility index (Phi) is 29.2. The second kappa shape index (κ2) is 32.9. The molecule has 1 saturated heterocycles. The van der Waals surface area contributed by atoms with E-state index in [1.54, 1.807) is 20.8 Å². The van der Waals surface area contributed by atoms with Crippen molar-refractivity contribution in [3.8, 4) is 0 Å². The van der Waals surface area contributed by atoms with Crippen molar-refractivity contribution in [2.45, 2.75) is 109 Å². The molecule has 5 unspecified atom stereocenters. The van der Waals surface area contributed by atoms with Crippen molar-refractivity contribution < 1.29 is 84.3 Å². The number of carbonyl (C=O) groups excluding carboxylic acids is 9. The van der Waals surface area contributed by atoms with Crippen molar-refractivity contribution in [1.29, 1.82) is 0 Å². The van der Waals surface area contributed by atoms with Gasteiger partial charge in [0.25, 0.3) is 17.7 Å². The zero-order chi connectivity index (χ0) is 51.3. The van der Waals surface area contributed by atoms with Crippen molar-refractivity contribution in [2.24, 2.45) is 0 Å². The number of hydrogen-bond acceptors (Lipinski definition) is 18. The Bertz CT molecular complexity index is 1810. The Labute approximate surface area is 393 Å². The van der Waals surface area contributed by atoms with Crippen LogP contribution in [0.2, 0.25) is 0 Å². The number of hydrogen-bond donors (Lipinski definition) is 14. The van der Waals surface area contributed by atoms with Gasteiger partial charge in [0, 0.05) is 57.7 Å². The average molecular weight is 972 g/mol. The first-order valence-electron chi connectivity index (χ1n) is 22.0. The van der Waals surface area contributed by atoms with Gasteiger partial charge in [-0.15, -0.1) is 0 Å². The van der Waals surface area contributed by atoms with Crippen LogP contribution >= 0.6 is 0 Å². The average Bonchev–Trinajstić information content (AvgIpc) is 3.28. The first kappa shape index (κ1) is 60.3. The van der Waals surface area contributed by atoms with E-state index in [2.05, 4.69) is 31.9 Å². The van der Waals surface area contributed by atoms with Gasteiger partial charge in [0.15, 0.2) is 5.78 Å². The lowest BCUT2D eigenvalue weighted by molar-refractivity contribution is -0.160. The first-order valence-corrected chi connectivity index (χ1v) is 22.0. The highest BCUT2D eigenvalue weighted by Gasteiger charge is 2.32. The Morgan fingerprint density at radius 3 is 1.26 bits per heavy atom. The predicted octanol–water partition coefficient (Wildman–Crippen LogP) is -4.45. The molecule has 8 amide bonds. The fourth-order valence-corrected chi connectivity index (χ4v) is 6.26. The maximum Gasteiger partial charge on any atom is 0.269 e. The number of Topliss-reactive ketones (excluding diaryl/α,β-unsaturated/α-hetero) is 1. The fourth-order valence-electron chi connectivity index (χ4n) is 6.26. The van der Waals surface area contributed by atoms with Gasteiger partial charge in [0.1, 0.15) is 18.1 Å². The largest absolute Gasteiger partial charge is 0.396 e. The van der Waals surface area contributed by atoms with Crippen molar-refractivity contribution in [3.63, 3.8) is 0 Å². The van der Waals surface area contributed by atoms with Crippen LogP contribution < -0.4 is 31.9 Å². The quantitative estimate of drug-likeness (QED) is 0.0261. The van der Waals surface area contributed by atoms with Gasteiger partial charge < -0.3 is 52.1 Å². The molecule has 68 heavy (non-hydrogen) atoms. The highest BCUT2D eigenvalue weighted by molar-refractivity contribution is 5.97. The summed E-state index contributed by atoms with van der Waals surface area (Å²) >= 11 is 0. The van der Waals surface area contributed by atoms with Crippen LogP contribution in [0.1, 0.15) is 78.6 Å². The van der Waals surface area contributed by atoms with E-state index >= 15 is 0 Å². The lowest BCUT2D eigenvalue weighted by Gasteiger charge is -2.26. The third-order valence-electron chi connectivity index (χ3n) is 10.2.